The van der Waals surface area contributed by atoms with E-state index in [0.717, 1.165) is 32.5 Å². The minimum Gasteiger partial charge on any atom is -0.444 e. The molecule has 0 N–H and O–H groups in total. The predicted molar refractivity (Wildman–Crippen MR) is 67.0 cm³/mol. The van der Waals surface area contributed by atoms with Crippen LogP contribution in [0.25, 0.3) is 0 Å². The van der Waals surface area contributed by atoms with Gasteiger partial charge >= 0.3 is 6.09 Å². The van der Waals surface area contributed by atoms with Gasteiger partial charge in [0.2, 0.25) is 0 Å². The second-order valence-corrected chi connectivity index (χ2v) is 5.72. The second kappa shape index (κ2) is 6.24. The van der Waals surface area contributed by atoms with Gasteiger partial charge in [-0.3, -0.25) is 0 Å². The van der Waals surface area contributed by atoms with Crippen molar-refractivity contribution in [2.45, 2.75) is 45.6 Å². The van der Waals surface area contributed by atoms with Crippen LogP contribution in [0.4, 0.5) is 4.79 Å². The molecular formula is C13H25NO3. The third kappa shape index (κ3) is 5.39. The Balaban J connectivity index is 2.40. The van der Waals surface area contributed by atoms with Gasteiger partial charge in [0.05, 0.1) is 0 Å². The number of ether oxygens (including phenoxy) is 2. The molecule has 0 radical (unpaired) electrons. The number of hydrogen-bond donors (Lipinski definition) is 0. The van der Waals surface area contributed by atoms with Crippen molar-refractivity contribution in [2.24, 2.45) is 5.92 Å². The standard InChI is InChI=1S/C13H25NO3/c1-13(2,3)17-12(15)14-8-5-6-11(10-14)7-9-16-4/h11H,5-10H2,1-4H3/t11-/m0/s1. The topological polar surface area (TPSA) is 38.8 Å². The van der Waals surface area contributed by atoms with Crippen molar-refractivity contribution in [3.8, 4) is 0 Å². The molecule has 0 unspecified atom stereocenters. The summed E-state index contributed by atoms with van der Waals surface area (Å²) in [6.45, 7) is 8.09. The van der Waals surface area contributed by atoms with Crippen LogP contribution in [0.3, 0.4) is 0 Å². The Labute approximate surface area is 104 Å². The van der Waals surface area contributed by atoms with Gasteiger partial charge in [-0.2, -0.15) is 0 Å². The van der Waals surface area contributed by atoms with Crippen LogP contribution < -0.4 is 0 Å². The van der Waals surface area contributed by atoms with Crippen LogP contribution in [0.5, 0.6) is 0 Å². The van der Waals surface area contributed by atoms with Crippen molar-refractivity contribution in [2.75, 3.05) is 26.8 Å². The molecule has 1 aliphatic rings. The van der Waals surface area contributed by atoms with E-state index in [-0.39, 0.29) is 6.09 Å². The number of piperidine rings is 1. The smallest absolute Gasteiger partial charge is 0.410 e. The van der Waals surface area contributed by atoms with Gasteiger partial charge in [-0.15, -0.1) is 0 Å². The number of amides is 1. The fourth-order valence-corrected chi connectivity index (χ4v) is 2.08. The minimum atomic E-state index is -0.406. The summed E-state index contributed by atoms with van der Waals surface area (Å²) in [5.41, 5.74) is -0.406. The van der Waals surface area contributed by atoms with Crippen molar-refractivity contribution < 1.29 is 14.3 Å². The lowest BCUT2D eigenvalue weighted by Crippen LogP contribution is -2.43. The molecule has 0 bridgehead atoms. The average Bonchev–Trinajstić information content (AvgIpc) is 2.24. The lowest BCUT2D eigenvalue weighted by atomic mass is 9.95. The predicted octanol–water partition coefficient (Wildman–Crippen LogP) is 2.67. The lowest BCUT2D eigenvalue weighted by molar-refractivity contribution is 0.0147. The fraction of sp³-hybridized carbons (Fsp3) is 0.923. The maximum Gasteiger partial charge on any atom is 0.410 e. The van der Waals surface area contributed by atoms with Gasteiger partial charge in [0.25, 0.3) is 0 Å². The zero-order chi connectivity index (χ0) is 12.9. The first-order chi connectivity index (χ1) is 7.92. The zero-order valence-electron chi connectivity index (χ0n) is 11.5. The van der Waals surface area contributed by atoms with Gasteiger partial charge in [0.15, 0.2) is 0 Å². The van der Waals surface area contributed by atoms with E-state index in [0.29, 0.717) is 5.92 Å². The number of rotatable bonds is 3. The van der Waals surface area contributed by atoms with E-state index in [9.17, 15) is 4.79 Å². The van der Waals surface area contributed by atoms with E-state index in [1.807, 2.05) is 25.7 Å². The second-order valence-electron chi connectivity index (χ2n) is 5.72. The molecule has 4 nitrogen and oxygen atoms in total. The fourth-order valence-electron chi connectivity index (χ4n) is 2.08. The molecule has 0 aromatic rings. The normalized spacial score (nSPS) is 21.4. The Kier molecular flexibility index (Phi) is 5.25. The van der Waals surface area contributed by atoms with Crippen LogP contribution in [0.1, 0.15) is 40.0 Å². The van der Waals surface area contributed by atoms with E-state index in [1.165, 1.54) is 6.42 Å². The van der Waals surface area contributed by atoms with Gasteiger partial charge in [-0.05, 0) is 46.0 Å². The summed E-state index contributed by atoms with van der Waals surface area (Å²) >= 11 is 0. The van der Waals surface area contributed by atoms with Crippen LogP contribution in [0.2, 0.25) is 0 Å². The Bertz CT molecular complexity index is 248. The number of likely N-dealkylation sites (tertiary alicyclic amines) is 1. The molecule has 1 saturated heterocycles. The van der Waals surface area contributed by atoms with E-state index in [2.05, 4.69) is 0 Å². The van der Waals surface area contributed by atoms with Crippen molar-refractivity contribution in [3.05, 3.63) is 0 Å². The number of carbonyl (C=O) groups is 1. The van der Waals surface area contributed by atoms with Gasteiger partial charge in [-0.1, -0.05) is 0 Å². The maximum atomic E-state index is 11.9. The highest BCUT2D eigenvalue weighted by molar-refractivity contribution is 5.68. The third-order valence-corrected chi connectivity index (χ3v) is 2.90. The zero-order valence-corrected chi connectivity index (χ0v) is 11.5. The highest BCUT2D eigenvalue weighted by Gasteiger charge is 2.27. The quantitative estimate of drug-likeness (QED) is 0.765. The number of carbonyl (C=O) groups excluding carboxylic acids is 1. The van der Waals surface area contributed by atoms with Crippen molar-refractivity contribution in [3.63, 3.8) is 0 Å². The monoisotopic (exact) mass is 243 g/mol. The molecule has 100 valence electrons. The number of methoxy groups -OCH3 is 1. The van der Waals surface area contributed by atoms with E-state index >= 15 is 0 Å². The van der Waals surface area contributed by atoms with Gasteiger partial charge in [0.1, 0.15) is 5.60 Å². The van der Waals surface area contributed by atoms with E-state index in [1.54, 1.807) is 7.11 Å². The van der Waals surface area contributed by atoms with Gasteiger partial charge in [-0.25, -0.2) is 4.79 Å². The van der Waals surface area contributed by atoms with Gasteiger partial charge in [0, 0.05) is 26.8 Å². The molecule has 17 heavy (non-hydrogen) atoms. The largest absolute Gasteiger partial charge is 0.444 e. The number of hydrogen-bond acceptors (Lipinski definition) is 3. The molecule has 1 fully saturated rings. The first kappa shape index (κ1) is 14.3. The number of nitrogens with zero attached hydrogens (tertiary/aromatic N) is 1. The molecule has 0 aromatic carbocycles. The average molecular weight is 243 g/mol. The third-order valence-electron chi connectivity index (χ3n) is 2.90. The summed E-state index contributed by atoms with van der Waals surface area (Å²) in [6.07, 6.45) is 3.09. The first-order valence-electron chi connectivity index (χ1n) is 6.39. The molecule has 1 aliphatic heterocycles. The Hall–Kier alpha value is -0.770. The van der Waals surface area contributed by atoms with Crippen molar-refractivity contribution in [1.29, 1.82) is 0 Å². The highest BCUT2D eigenvalue weighted by Crippen LogP contribution is 2.21. The summed E-state index contributed by atoms with van der Waals surface area (Å²) in [7, 11) is 1.72. The summed E-state index contributed by atoms with van der Waals surface area (Å²) in [5.74, 6) is 0.552. The van der Waals surface area contributed by atoms with Crippen LogP contribution in [0.15, 0.2) is 0 Å². The highest BCUT2D eigenvalue weighted by atomic mass is 16.6. The van der Waals surface area contributed by atoms with Crippen LogP contribution in [-0.4, -0.2) is 43.4 Å². The Morgan fingerprint density at radius 1 is 1.41 bits per heavy atom. The van der Waals surface area contributed by atoms with E-state index in [4.69, 9.17) is 9.47 Å². The molecule has 0 saturated carbocycles. The summed E-state index contributed by atoms with van der Waals surface area (Å²) in [5, 5.41) is 0. The molecule has 0 aliphatic carbocycles. The Morgan fingerprint density at radius 3 is 2.71 bits per heavy atom. The molecular weight excluding hydrogens is 218 g/mol. The van der Waals surface area contributed by atoms with Crippen LogP contribution in [0, 0.1) is 5.92 Å². The lowest BCUT2D eigenvalue weighted by Gasteiger charge is -2.34. The molecule has 4 heteroatoms. The van der Waals surface area contributed by atoms with Gasteiger partial charge < -0.3 is 14.4 Å². The SMILES string of the molecule is COCC[C@@H]1CCCN(C(=O)OC(C)(C)C)C1. The molecule has 1 amide bonds. The van der Waals surface area contributed by atoms with Crippen molar-refractivity contribution in [1.82, 2.24) is 4.90 Å². The van der Waals surface area contributed by atoms with Crippen LogP contribution in [-0.2, 0) is 9.47 Å². The van der Waals surface area contributed by atoms with Crippen LogP contribution >= 0.6 is 0 Å². The molecule has 0 spiro atoms. The maximum absolute atomic E-state index is 11.9. The molecule has 1 heterocycles. The summed E-state index contributed by atoms with van der Waals surface area (Å²) in [4.78, 5) is 13.7. The summed E-state index contributed by atoms with van der Waals surface area (Å²) in [6, 6.07) is 0. The molecule has 1 rings (SSSR count). The first-order valence-corrected chi connectivity index (χ1v) is 6.39. The molecule has 0 aromatic heterocycles. The Morgan fingerprint density at radius 2 is 2.12 bits per heavy atom. The van der Waals surface area contributed by atoms with Crippen molar-refractivity contribution >= 4 is 6.09 Å². The molecule has 1 atom stereocenters. The van der Waals surface area contributed by atoms with E-state index < -0.39 is 5.60 Å². The minimum absolute atomic E-state index is 0.181. The summed E-state index contributed by atoms with van der Waals surface area (Å²) < 4.78 is 10.5.